The Morgan fingerprint density at radius 1 is 1.11 bits per heavy atom. The number of benzene rings is 2. The van der Waals surface area contributed by atoms with Crippen LogP contribution in [0, 0.1) is 6.92 Å². The molecule has 150 valence electrons. The summed E-state index contributed by atoms with van der Waals surface area (Å²) in [5.41, 5.74) is 3.17. The Kier molecular flexibility index (Phi) is 6.40. The number of rotatable bonds is 4. The van der Waals surface area contributed by atoms with E-state index in [1.54, 1.807) is 4.90 Å². The van der Waals surface area contributed by atoms with E-state index in [0.29, 0.717) is 19.7 Å². The summed E-state index contributed by atoms with van der Waals surface area (Å²) in [6.07, 6.45) is 0.536. The van der Waals surface area contributed by atoms with Crippen molar-refractivity contribution in [1.82, 2.24) is 4.90 Å². The molecule has 0 aliphatic carbocycles. The van der Waals surface area contributed by atoms with E-state index in [2.05, 4.69) is 43.3 Å². The van der Waals surface area contributed by atoms with Crippen molar-refractivity contribution in [2.24, 2.45) is 0 Å². The summed E-state index contributed by atoms with van der Waals surface area (Å²) >= 11 is 0. The first-order valence-corrected chi connectivity index (χ1v) is 10.0. The Morgan fingerprint density at radius 3 is 2.54 bits per heavy atom. The van der Waals surface area contributed by atoms with Crippen LogP contribution in [0.15, 0.2) is 54.6 Å². The molecule has 2 aromatic carbocycles. The molecule has 0 N–H and O–H groups in total. The Morgan fingerprint density at radius 2 is 1.86 bits per heavy atom. The highest BCUT2D eigenvalue weighted by Gasteiger charge is 2.35. The van der Waals surface area contributed by atoms with E-state index in [0.717, 1.165) is 12.0 Å². The van der Waals surface area contributed by atoms with Gasteiger partial charge in [0.25, 0.3) is 0 Å². The second-order valence-corrected chi connectivity index (χ2v) is 8.57. The summed E-state index contributed by atoms with van der Waals surface area (Å²) in [5.74, 6) is 0.266. The summed E-state index contributed by atoms with van der Waals surface area (Å²) in [5, 5.41) is 0. The van der Waals surface area contributed by atoms with Crippen LogP contribution in [-0.4, -0.2) is 35.8 Å². The van der Waals surface area contributed by atoms with Crippen LogP contribution in [0.25, 0.3) is 0 Å². The number of nitrogens with zero attached hydrogens (tertiary/aromatic N) is 1. The molecule has 1 heterocycles. The van der Waals surface area contributed by atoms with Gasteiger partial charge in [0, 0.05) is 12.5 Å². The number of hydrogen-bond acceptors (Lipinski definition) is 3. The van der Waals surface area contributed by atoms with E-state index < -0.39 is 5.60 Å². The van der Waals surface area contributed by atoms with E-state index >= 15 is 0 Å². The number of hydrogen-bond donors (Lipinski definition) is 0. The Hall–Kier alpha value is -2.33. The predicted molar refractivity (Wildman–Crippen MR) is 111 cm³/mol. The normalized spacial score (nSPS) is 20.1. The van der Waals surface area contributed by atoms with Crippen LogP contribution in [-0.2, 0) is 16.1 Å². The average Bonchev–Trinajstić information content (AvgIpc) is 2.65. The van der Waals surface area contributed by atoms with Crippen LogP contribution in [0.2, 0.25) is 0 Å². The topological polar surface area (TPSA) is 38.8 Å². The van der Waals surface area contributed by atoms with Crippen molar-refractivity contribution < 1.29 is 14.3 Å². The lowest BCUT2D eigenvalue weighted by atomic mass is 9.86. The SMILES string of the molecule is Cc1cccc([C@@H]2CCN(C(=O)OC(C)(C)C)C[C@H]2OCc2ccccc2)c1. The van der Waals surface area contributed by atoms with E-state index in [4.69, 9.17) is 9.47 Å². The van der Waals surface area contributed by atoms with Crippen LogP contribution in [0.3, 0.4) is 0 Å². The maximum Gasteiger partial charge on any atom is 0.410 e. The molecule has 0 radical (unpaired) electrons. The molecular formula is C24H31NO3. The van der Waals surface area contributed by atoms with Crippen molar-refractivity contribution in [3.63, 3.8) is 0 Å². The van der Waals surface area contributed by atoms with Gasteiger partial charge in [0.2, 0.25) is 0 Å². The summed E-state index contributed by atoms with van der Waals surface area (Å²) in [4.78, 5) is 14.4. The van der Waals surface area contributed by atoms with E-state index in [1.165, 1.54) is 11.1 Å². The van der Waals surface area contributed by atoms with Gasteiger partial charge in [0.15, 0.2) is 0 Å². The minimum absolute atomic E-state index is 0.0664. The molecule has 28 heavy (non-hydrogen) atoms. The molecule has 0 saturated carbocycles. The highest BCUT2D eigenvalue weighted by Crippen LogP contribution is 2.32. The largest absolute Gasteiger partial charge is 0.444 e. The van der Waals surface area contributed by atoms with Gasteiger partial charge >= 0.3 is 6.09 Å². The lowest BCUT2D eigenvalue weighted by Gasteiger charge is -2.39. The van der Waals surface area contributed by atoms with Gasteiger partial charge in [-0.25, -0.2) is 4.79 Å². The summed E-state index contributed by atoms with van der Waals surface area (Å²) in [6.45, 7) is 9.56. The predicted octanol–water partition coefficient (Wildman–Crippen LogP) is 5.30. The van der Waals surface area contributed by atoms with Gasteiger partial charge in [-0.2, -0.15) is 0 Å². The van der Waals surface area contributed by atoms with E-state index in [9.17, 15) is 4.79 Å². The third kappa shape index (κ3) is 5.59. The van der Waals surface area contributed by atoms with Crippen molar-refractivity contribution in [3.05, 3.63) is 71.3 Å². The summed E-state index contributed by atoms with van der Waals surface area (Å²) < 4.78 is 11.9. The molecule has 2 aromatic rings. The molecule has 1 amide bonds. The van der Waals surface area contributed by atoms with Crippen molar-refractivity contribution >= 4 is 6.09 Å². The zero-order valence-corrected chi connectivity index (χ0v) is 17.4. The standard InChI is InChI=1S/C24H31NO3/c1-18-9-8-12-20(15-18)21-13-14-25(23(26)28-24(2,3)4)16-22(21)27-17-19-10-6-5-7-11-19/h5-12,15,21-22H,13-14,16-17H2,1-4H3/t21-,22+/m0/s1. The molecule has 0 bridgehead atoms. The maximum absolute atomic E-state index is 12.6. The lowest BCUT2D eigenvalue weighted by Crippen LogP contribution is -2.48. The minimum Gasteiger partial charge on any atom is -0.444 e. The van der Waals surface area contributed by atoms with Crippen molar-refractivity contribution in [2.75, 3.05) is 13.1 Å². The first-order valence-electron chi connectivity index (χ1n) is 10.0. The van der Waals surface area contributed by atoms with Crippen molar-refractivity contribution in [3.8, 4) is 0 Å². The smallest absolute Gasteiger partial charge is 0.410 e. The Bertz CT molecular complexity index is 782. The molecule has 2 atom stereocenters. The quantitative estimate of drug-likeness (QED) is 0.721. The molecule has 4 heteroatoms. The van der Waals surface area contributed by atoms with Crippen LogP contribution >= 0.6 is 0 Å². The molecule has 3 rings (SSSR count). The second kappa shape index (κ2) is 8.78. The molecule has 1 aliphatic heterocycles. The first kappa shape index (κ1) is 20.4. The zero-order chi connectivity index (χ0) is 20.1. The van der Waals surface area contributed by atoms with E-state index in [1.807, 2.05) is 39.0 Å². The van der Waals surface area contributed by atoms with Crippen LogP contribution in [0.5, 0.6) is 0 Å². The summed E-state index contributed by atoms with van der Waals surface area (Å²) in [7, 11) is 0. The third-order valence-electron chi connectivity index (χ3n) is 4.99. The molecule has 1 fully saturated rings. The van der Waals surface area contributed by atoms with Gasteiger partial charge in [-0.3, -0.25) is 0 Å². The fourth-order valence-electron chi connectivity index (χ4n) is 3.64. The molecule has 0 aromatic heterocycles. The highest BCUT2D eigenvalue weighted by molar-refractivity contribution is 5.68. The zero-order valence-electron chi connectivity index (χ0n) is 17.4. The van der Waals surface area contributed by atoms with Gasteiger partial charge in [-0.05, 0) is 45.2 Å². The van der Waals surface area contributed by atoms with Crippen molar-refractivity contribution in [1.29, 1.82) is 0 Å². The Labute approximate surface area is 168 Å². The fourth-order valence-corrected chi connectivity index (χ4v) is 3.64. The summed E-state index contributed by atoms with van der Waals surface area (Å²) in [6, 6.07) is 18.8. The molecule has 0 spiro atoms. The number of ether oxygens (including phenoxy) is 2. The molecule has 0 unspecified atom stereocenters. The molecular weight excluding hydrogens is 350 g/mol. The van der Waals surface area contributed by atoms with Crippen LogP contribution in [0.4, 0.5) is 4.79 Å². The van der Waals surface area contributed by atoms with E-state index in [-0.39, 0.29) is 18.1 Å². The Balaban J connectivity index is 1.75. The first-order chi connectivity index (χ1) is 13.3. The van der Waals surface area contributed by atoms with Gasteiger partial charge in [-0.15, -0.1) is 0 Å². The lowest BCUT2D eigenvalue weighted by molar-refractivity contribution is -0.0359. The molecule has 1 saturated heterocycles. The number of piperidine rings is 1. The molecule has 4 nitrogen and oxygen atoms in total. The minimum atomic E-state index is -0.495. The van der Waals surface area contributed by atoms with Gasteiger partial charge in [-0.1, -0.05) is 60.2 Å². The second-order valence-electron chi connectivity index (χ2n) is 8.57. The van der Waals surface area contributed by atoms with Gasteiger partial charge < -0.3 is 14.4 Å². The highest BCUT2D eigenvalue weighted by atomic mass is 16.6. The molecule has 1 aliphatic rings. The average molecular weight is 382 g/mol. The number of likely N-dealkylation sites (tertiary alicyclic amines) is 1. The maximum atomic E-state index is 12.6. The monoisotopic (exact) mass is 381 g/mol. The van der Waals surface area contributed by atoms with Gasteiger partial charge in [0.05, 0.1) is 19.3 Å². The number of carbonyl (C=O) groups excluding carboxylic acids is 1. The van der Waals surface area contributed by atoms with Crippen LogP contribution < -0.4 is 0 Å². The fraction of sp³-hybridized carbons (Fsp3) is 0.458. The number of carbonyl (C=O) groups is 1. The third-order valence-corrected chi connectivity index (χ3v) is 4.99. The van der Waals surface area contributed by atoms with Gasteiger partial charge in [0.1, 0.15) is 5.60 Å². The number of amides is 1. The number of aryl methyl sites for hydroxylation is 1. The van der Waals surface area contributed by atoms with Crippen LogP contribution in [0.1, 0.15) is 49.8 Å². The van der Waals surface area contributed by atoms with Crippen molar-refractivity contribution in [2.45, 2.75) is 58.3 Å².